The zero-order valence-corrected chi connectivity index (χ0v) is 8.24. The highest BCUT2D eigenvalue weighted by Crippen LogP contribution is 2.17. The summed E-state index contributed by atoms with van der Waals surface area (Å²) in [6.45, 7) is 1.75. The Morgan fingerprint density at radius 3 is 2.50 bits per heavy atom. The Labute approximate surface area is 83.3 Å². The maximum Gasteiger partial charge on any atom is 0.119 e. The molecule has 0 amide bonds. The summed E-state index contributed by atoms with van der Waals surface area (Å²) in [6.07, 6.45) is -0.0482. The summed E-state index contributed by atoms with van der Waals surface area (Å²) in [4.78, 5) is 0. The molecule has 0 saturated heterocycles. The fourth-order valence-electron chi connectivity index (χ4n) is 1.09. The van der Waals surface area contributed by atoms with Crippen LogP contribution in [0.1, 0.15) is 25.0 Å². The fraction of sp³-hybridized carbons (Fsp3) is 0.455. The standard InChI is InChI=1S/C11H15FO2/c1-9(13)10-3-5-11(6-4-10)14-8-2-7-12/h3-6,9,13H,2,7-8H2,1H3. The van der Waals surface area contributed by atoms with Crippen molar-refractivity contribution in [3.05, 3.63) is 29.8 Å². The Morgan fingerprint density at radius 1 is 1.36 bits per heavy atom. The van der Waals surface area contributed by atoms with Crippen molar-refractivity contribution in [3.8, 4) is 5.75 Å². The number of hydrogen-bond acceptors (Lipinski definition) is 2. The number of aliphatic hydroxyl groups is 1. The van der Waals surface area contributed by atoms with Gasteiger partial charge in [-0.05, 0) is 24.6 Å². The quantitative estimate of drug-likeness (QED) is 0.736. The van der Waals surface area contributed by atoms with Crippen molar-refractivity contribution in [3.63, 3.8) is 0 Å². The zero-order valence-electron chi connectivity index (χ0n) is 8.24. The van der Waals surface area contributed by atoms with E-state index >= 15 is 0 Å². The first-order valence-corrected chi connectivity index (χ1v) is 4.71. The molecule has 3 heteroatoms. The molecule has 0 aromatic heterocycles. The lowest BCUT2D eigenvalue weighted by molar-refractivity contribution is 0.199. The number of hydrogen-bond donors (Lipinski definition) is 1. The molecule has 0 radical (unpaired) electrons. The van der Waals surface area contributed by atoms with Crippen LogP contribution in [0.3, 0.4) is 0 Å². The van der Waals surface area contributed by atoms with Crippen LogP contribution in [-0.2, 0) is 0 Å². The van der Waals surface area contributed by atoms with Crippen LogP contribution in [0.25, 0.3) is 0 Å². The first-order valence-electron chi connectivity index (χ1n) is 4.71. The number of halogens is 1. The van der Waals surface area contributed by atoms with E-state index in [1.165, 1.54) is 0 Å². The van der Waals surface area contributed by atoms with E-state index in [4.69, 9.17) is 4.74 Å². The van der Waals surface area contributed by atoms with E-state index < -0.39 is 6.10 Å². The summed E-state index contributed by atoms with van der Waals surface area (Å²) in [6, 6.07) is 7.16. The minimum Gasteiger partial charge on any atom is -0.494 e. The monoisotopic (exact) mass is 198 g/mol. The van der Waals surface area contributed by atoms with Crippen LogP contribution >= 0.6 is 0 Å². The predicted molar refractivity (Wildman–Crippen MR) is 53.2 cm³/mol. The molecule has 1 rings (SSSR count). The normalized spacial score (nSPS) is 12.5. The lowest BCUT2D eigenvalue weighted by Crippen LogP contribution is -1.98. The Balaban J connectivity index is 2.47. The second-order valence-corrected chi connectivity index (χ2v) is 3.14. The number of alkyl halides is 1. The van der Waals surface area contributed by atoms with E-state index in [-0.39, 0.29) is 6.67 Å². The summed E-state index contributed by atoms with van der Waals surface area (Å²) in [7, 11) is 0. The Morgan fingerprint density at radius 2 is 2.00 bits per heavy atom. The minimum atomic E-state index is -0.463. The molecular weight excluding hydrogens is 183 g/mol. The molecule has 14 heavy (non-hydrogen) atoms. The molecule has 1 atom stereocenters. The van der Waals surface area contributed by atoms with E-state index in [0.717, 1.165) is 5.56 Å². The molecule has 0 aliphatic rings. The first-order chi connectivity index (χ1) is 6.74. The number of benzene rings is 1. The van der Waals surface area contributed by atoms with Crippen LogP contribution < -0.4 is 4.74 Å². The van der Waals surface area contributed by atoms with Gasteiger partial charge >= 0.3 is 0 Å². The SMILES string of the molecule is CC(O)c1ccc(OCCCF)cc1. The molecule has 0 heterocycles. The smallest absolute Gasteiger partial charge is 0.119 e. The second-order valence-electron chi connectivity index (χ2n) is 3.14. The molecule has 0 saturated carbocycles. The molecular formula is C11H15FO2. The first kappa shape index (κ1) is 11.0. The Hall–Kier alpha value is -1.09. The van der Waals surface area contributed by atoms with E-state index in [9.17, 15) is 9.50 Å². The molecule has 1 aromatic rings. The van der Waals surface area contributed by atoms with Crippen molar-refractivity contribution in [2.75, 3.05) is 13.3 Å². The van der Waals surface area contributed by atoms with E-state index in [1.807, 2.05) is 0 Å². The van der Waals surface area contributed by atoms with Gasteiger partial charge < -0.3 is 9.84 Å². The number of aliphatic hydroxyl groups excluding tert-OH is 1. The van der Waals surface area contributed by atoms with Gasteiger partial charge in [0.2, 0.25) is 0 Å². The van der Waals surface area contributed by atoms with Gasteiger partial charge in [-0.3, -0.25) is 4.39 Å². The lowest BCUT2D eigenvalue weighted by atomic mass is 10.1. The summed E-state index contributed by atoms with van der Waals surface area (Å²) in [5.41, 5.74) is 0.850. The van der Waals surface area contributed by atoms with Crippen LogP contribution in [0.5, 0.6) is 5.75 Å². The highest BCUT2D eigenvalue weighted by molar-refractivity contribution is 5.28. The van der Waals surface area contributed by atoms with Crippen molar-refractivity contribution in [1.82, 2.24) is 0 Å². The average molecular weight is 198 g/mol. The van der Waals surface area contributed by atoms with Gasteiger partial charge in [-0.25, -0.2) is 0 Å². The molecule has 0 bridgehead atoms. The van der Waals surface area contributed by atoms with Gasteiger partial charge in [0.1, 0.15) is 5.75 Å². The van der Waals surface area contributed by atoms with Crippen molar-refractivity contribution in [1.29, 1.82) is 0 Å². The molecule has 0 aliphatic heterocycles. The maximum absolute atomic E-state index is 11.8. The van der Waals surface area contributed by atoms with Gasteiger partial charge in [0.15, 0.2) is 0 Å². The van der Waals surface area contributed by atoms with Crippen LogP contribution in [0.15, 0.2) is 24.3 Å². The Kier molecular flexibility index (Phi) is 4.40. The summed E-state index contributed by atoms with van der Waals surface area (Å²) in [5, 5.41) is 9.24. The van der Waals surface area contributed by atoms with Crippen molar-refractivity contribution < 1.29 is 14.2 Å². The summed E-state index contributed by atoms with van der Waals surface area (Å²) >= 11 is 0. The molecule has 1 aromatic carbocycles. The molecule has 1 N–H and O–H groups in total. The van der Waals surface area contributed by atoms with E-state index in [0.29, 0.717) is 18.8 Å². The van der Waals surface area contributed by atoms with E-state index in [2.05, 4.69) is 0 Å². The van der Waals surface area contributed by atoms with E-state index in [1.54, 1.807) is 31.2 Å². The van der Waals surface area contributed by atoms with Crippen LogP contribution in [0.4, 0.5) is 4.39 Å². The number of ether oxygens (including phenoxy) is 1. The van der Waals surface area contributed by atoms with Crippen LogP contribution in [0.2, 0.25) is 0 Å². The van der Waals surface area contributed by atoms with Gasteiger partial charge in [0, 0.05) is 6.42 Å². The third-order valence-electron chi connectivity index (χ3n) is 1.91. The van der Waals surface area contributed by atoms with Gasteiger partial charge in [0.25, 0.3) is 0 Å². The van der Waals surface area contributed by atoms with Gasteiger partial charge in [-0.1, -0.05) is 12.1 Å². The molecule has 0 spiro atoms. The molecule has 2 nitrogen and oxygen atoms in total. The molecule has 0 aliphatic carbocycles. The third kappa shape index (κ3) is 3.34. The molecule has 0 fully saturated rings. The predicted octanol–water partition coefficient (Wildman–Crippen LogP) is 2.48. The van der Waals surface area contributed by atoms with Crippen molar-refractivity contribution in [2.45, 2.75) is 19.4 Å². The highest BCUT2D eigenvalue weighted by Gasteiger charge is 2.00. The third-order valence-corrected chi connectivity index (χ3v) is 1.91. The topological polar surface area (TPSA) is 29.5 Å². The fourth-order valence-corrected chi connectivity index (χ4v) is 1.09. The van der Waals surface area contributed by atoms with Crippen LogP contribution in [-0.4, -0.2) is 18.4 Å². The summed E-state index contributed by atoms with van der Waals surface area (Å²) in [5.74, 6) is 0.711. The van der Waals surface area contributed by atoms with Crippen LogP contribution in [0, 0.1) is 0 Å². The van der Waals surface area contributed by atoms with Gasteiger partial charge in [-0.2, -0.15) is 0 Å². The highest BCUT2D eigenvalue weighted by atomic mass is 19.1. The van der Waals surface area contributed by atoms with Gasteiger partial charge in [0.05, 0.1) is 19.4 Å². The minimum absolute atomic E-state index is 0.355. The second kappa shape index (κ2) is 5.60. The average Bonchev–Trinajstić information content (AvgIpc) is 2.19. The van der Waals surface area contributed by atoms with Crippen molar-refractivity contribution >= 4 is 0 Å². The Bertz CT molecular complexity index is 256. The molecule has 78 valence electrons. The summed E-state index contributed by atoms with van der Waals surface area (Å²) < 4.78 is 17.0. The molecule has 1 unspecified atom stereocenters. The van der Waals surface area contributed by atoms with Crippen molar-refractivity contribution in [2.24, 2.45) is 0 Å². The maximum atomic E-state index is 11.8. The zero-order chi connectivity index (χ0) is 10.4. The number of rotatable bonds is 5. The largest absolute Gasteiger partial charge is 0.494 e. The lowest BCUT2D eigenvalue weighted by Gasteiger charge is -2.07. The van der Waals surface area contributed by atoms with Gasteiger partial charge in [-0.15, -0.1) is 0 Å².